The van der Waals surface area contributed by atoms with Crippen LogP contribution in [0.3, 0.4) is 0 Å². The topological polar surface area (TPSA) is 79.0 Å². The summed E-state index contributed by atoms with van der Waals surface area (Å²) in [5.74, 6) is -0.0119. The number of ether oxygens (including phenoxy) is 1. The van der Waals surface area contributed by atoms with Gasteiger partial charge in [0.1, 0.15) is 0 Å². The van der Waals surface area contributed by atoms with Crippen molar-refractivity contribution in [2.45, 2.75) is 11.3 Å². The zero-order chi connectivity index (χ0) is 17.4. The molecule has 0 radical (unpaired) electrons. The minimum Gasteiger partial charge on any atom is -0.383 e. The summed E-state index contributed by atoms with van der Waals surface area (Å²) in [7, 11) is -2.10. The van der Waals surface area contributed by atoms with Crippen LogP contribution >= 0.6 is 0 Å². The first-order valence-electron chi connectivity index (χ1n) is 8.08. The standard InChI is InChI=1S/C16H25N3O4S/c1-23-14-13-19(24(21,22)15-5-3-2-4-6-15)10-7-16(20)18-11-8-17-9-12-18/h2-6,17H,7-14H2,1H3. The summed E-state index contributed by atoms with van der Waals surface area (Å²) >= 11 is 0. The Kier molecular flexibility index (Phi) is 7.16. The van der Waals surface area contributed by atoms with Gasteiger partial charge in [0.2, 0.25) is 15.9 Å². The smallest absolute Gasteiger partial charge is 0.243 e. The molecule has 134 valence electrons. The molecule has 8 heteroatoms. The summed E-state index contributed by atoms with van der Waals surface area (Å²) in [4.78, 5) is 14.3. The molecule has 1 saturated heterocycles. The molecule has 1 aliphatic rings. The fraction of sp³-hybridized carbons (Fsp3) is 0.562. The first-order valence-corrected chi connectivity index (χ1v) is 9.52. The van der Waals surface area contributed by atoms with Crippen molar-refractivity contribution in [1.29, 1.82) is 0 Å². The van der Waals surface area contributed by atoms with Crippen molar-refractivity contribution in [3.63, 3.8) is 0 Å². The second-order valence-corrected chi connectivity index (χ2v) is 7.53. The summed E-state index contributed by atoms with van der Waals surface area (Å²) in [6.07, 6.45) is 0.176. The molecule has 1 N–H and O–H groups in total. The van der Waals surface area contributed by atoms with Crippen LogP contribution in [0.2, 0.25) is 0 Å². The number of benzene rings is 1. The van der Waals surface area contributed by atoms with Crippen LogP contribution in [0.25, 0.3) is 0 Å². The second-order valence-electron chi connectivity index (χ2n) is 5.59. The molecule has 1 aromatic rings. The first kappa shape index (κ1) is 18.9. The van der Waals surface area contributed by atoms with Crippen LogP contribution in [0.4, 0.5) is 0 Å². The van der Waals surface area contributed by atoms with E-state index in [4.69, 9.17) is 4.74 Å². The van der Waals surface area contributed by atoms with Crippen LogP contribution in [0.1, 0.15) is 6.42 Å². The van der Waals surface area contributed by atoms with Gasteiger partial charge in [0.15, 0.2) is 0 Å². The molecule has 1 aliphatic heterocycles. The van der Waals surface area contributed by atoms with Gasteiger partial charge in [-0.25, -0.2) is 8.42 Å². The van der Waals surface area contributed by atoms with Crippen molar-refractivity contribution in [2.75, 3.05) is 53.0 Å². The number of nitrogens with one attached hydrogen (secondary N) is 1. The number of carbonyl (C=O) groups excluding carboxylic acids is 1. The maximum atomic E-state index is 12.8. The summed E-state index contributed by atoms with van der Waals surface area (Å²) in [6.45, 7) is 3.56. The molecule has 24 heavy (non-hydrogen) atoms. The van der Waals surface area contributed by atoms with Crippen molar-refractivity contribution in [3.8, 4) is 0 Å². The fourth-order valence-corrected chi connectivity index (χ4v) is 4.03. The third-order valence-electron chi connectivity index (χ3n) is 3.97. The molecule has 0 spiro atoms. The number of hydrogen-bond donors (Lipinski definition) is 1. The predicted octanol–water partition coefficient (Wildman–Crippen LogP) is 0.146. The minimum absolute atomic E-state index is 0.0119. The average Bonchev–Trinajstić information content (AvgIpc) is 2.62. The van der Waals surface area contributed by atoms with Crippen LogP contribution in [0, 0.1) is 0 Å². The lowest BCUT2D eigenvalue weighted by Crippen LogP contribution is -2.47. The van der Waals surface area contributed by atoms with Crippen LogP contribution in [0.5, 0.6) is 0 Å². The Bertz CT molecular complexity index is 615. The number of sulfonamides is 1. The fourth-order valence-electron chi connectivity index (χ4n) is 2.58. The molecule has 0 atom stereocenters. The Morgan fingerprint density at radius 3 is 2.50 bits per heavy atom. The van der Waals surface area contributed by atoms with E-state index in [1.165, 1.54) is 11.4 Å². The highest BCUT2D eigenvalue weighted by Gasteiger charge is 2.25. The van der Waals surface area contributed by atoms with Gasteiger partial charge in [0.25, 0.3) is 0 Å². The Morgan fingerprint density at radius 1 is 1.21 bits per heavy atom. The molecule has 0 unspecified atom stereocenters. The Hall–Kier alpha value is -1.48. The number of carbonyl (C=O) groups is 1. The van der Waals surface area contributed by atoms with E-state index in [-0.39, 0.29) is 36.9 Å². The van der Waals surface area contributed by atoms with E-state index in [0.29, 0.717) is 13.1 Å². The Morgan fingerprint density at radius 2 is 1.88 bits per heavy atom. The van der Waals surface area contributed by atoms with Gasteiger partial charge in [-0.2, -0.15) is 4.31 Å². The number of nitrogens with zero attached hydrogens (tertiary/aromatic N) is 2. The number of amides is 1. The predicted molar refractivity (Wildman–Crippen MR) is 91.1 cm³/mol. The van der Waals surface area contributed by atoms with Gasteiger partial charge in [-0.3, -0.25) is 4.79 Å². The van der Waals surface area contributed by atoms with Crippen molar-refractivity contribution >= 4 is 15.9 Å². The Labute approximate surface area is 143 Å². The molecule has 1 amide bonds. The third kappa shape index (κ3) is 5.01. The molecule has 2 rings (SSSR count). The first-order chi connectivity index (χ1) is 11.6. The third-order valence-corrected chi connectivity index (χ3v) is 5.88. The number of rotatable bonds is 8. The highest BCUT2D eigenvalue weighted by Crippen LogP contribution is 2.15. The van der Waals surface area contributed by atoms with Gasteiger partial charge < -0.3 is 15.0 Å². The Balaban J connectivity index is 2.03. The lowest BCUT2D eigenvalue weighted by Gasteiger charge is -2.28. The number of methoxy groups -OCH3 is 1. The zero-order valence-corrected chi connectivity index (χ0v) is 14.8. The van der Waals surface area contributed by atoms with E-state index in [1.54, 1.807) is 35.2 Å². The van der Waals surface area contributed by atoms with E-state index in [2.05, 4.69) is 5.32 Å². The van der Waals surface area contributed by atoms with Crippen LogP contribution in [-0.4, -0.2) is 76.5 Å². The highest BCUT2D eigenvalue weighted by atomic mass is 32.2. The van der Waals surface area contributed by atoms with Gasteiger partial charge in [-0.05, 0) is 12.1 Å². The summed E-state index contributed by atoms with van der Waals surface area (Å²) in [5.41, 5.74) is 0. The van der Waals surface area contributed by atoms with Crippen LogP contribution in [-0.2, 0) is 19.6 Å². The maximum absolute atomic E-state index is 12.8. The molecular formula is C16H25N3O4S. The number of hydrogen-bond acceptors (Lipinski definition) is 5. The highest BCUT2D eigenvalue weighted by molar-refractivity contribution is 7.89. The normalized spacial score (nSPS) is 15.7. The minimum atomic E-state index is -3.63. The van der Waals surface area contributed by atoms with Crippen molar-refractivity contribution < 1.29 is 17.9 Å². The molecule has 1 aromatic carbocycles. The molecule has 0 aromatic heterocycles. The van der Waals surface area contributed by atoms with Gasteiger partial charge in [0, 0.05) is 52.8 Å². The lowest BCUT2D eigenvalue weighted by atomic mass is 10.3. The molecule has 0 saturated carbocycles. The molecule has 1 heterocycles. The van der Waals surface area contributed by atoms with E-state index in [1.807, 2.05) is 0 Å². The van der Waals surface area contributed by atoms with Gasteiger partial charge in [-0.15, -0.1) is 0 Å². The average molecular weight is 355 g/mol. The largest absolute Gasteiger partial charge is 0.383 e. The van der Waals surface area contributed by atoms with Gasteiger partial charge >= 0.3 is 0 Å². The second kappa shape index (κ2) is 9.12. The monoisotopic (exact) mass is 355 g/mol. The van der Waals surface area contributed by atoms with E-state index < -0.39 is 10.0 Å². The van der Waals surface area contributed by atoms with Crippen molar-refractivity contribution in [2.24, 2.45) is 0 Å². The lowest BCUT2D eigenvalue weighted by molar-refractivity contribution is -0.131. The van der Waals surface area contributed by atoms with Crippen LogP contribution in [0.15, 0.2) is 35.2 Å². The maximum Gasteiger partial charge on any atom is 0.243 e. The van der Waals surface area contributed by atoms with Gasteiger partial charge in [-0.1, -0.05) is 18.2 Å². The molecule has 7 nitrogen and oxygen atoms in total. The molecule has 0 bridgehead atoms. The molecule has 1 fully saturated rings. The van der Waals surface area contributed by atoms with E-state index in [0.717, 1.165) is 13.1 Å². The SMILES string of the molecule is COCCN(CCC(=O)N1CCNCC1)S(=O)(=O)c1ccccc1. The zero-order valence-electron chi connectivity index (χ0n) is 14.0. The summed E-state index contributed by atoms with van der Waals surface area (Å²) < 4.78 is 31.9. The van der Waals surface area contributed by atoms with Crippen molar-refractivity contribution in [1.82, 2.24) is 14.5 Å². The van der Waals surface area contributed by atoms with E-state index >= 15 is 0 Å². The van der Waals surface area contributed by atoms with Gasteiger partial charge in [0.05, 0.1) is 11.5 Å². The summed E-state index contributed by atoms with van der Waals surface area (Å²) in [5, 5.41) is 3.19. The molecule has 0 aliphatic carbocycles. The summed E-state index contributed by atoms with van der Waals surface area (Å²) in [6, 6.07) is 8.27. The number of piperazine rings is 1. The van der Waals surface area contributed by atoms with Crippen LogP contribution < -0.4 is 5.32 Å². The quantitative estimate of drug-likeness (QED) is 0.718. The van der Waals surface area contributed by atoms with E-state index in [9.17, 15) is 13.2 Å². The van der Waals surface area contributed by atoms with Crippen molar-refractivity contribution in [3.05, 3.63) is 30.3 Å². The molecular weight excluding hydrogens is 330 g/mol.